The van der Waals surface area contributed by atoms with Crippen molar-refractivity contribution < 1.29 is 19.1 Å². The first-order valence-electron chi connectivity index (χ1n) is 9.36. The molecule has 0 unspecified atom stereocenters. The Labute approximate surface area is 172 Å². The van der Waals surface area contributed by atoms with Crippen LogP contribution in [0.4, 0.5) is 5.69 Å². The van der Waals surface area contributed by atoms with E-state index in [1.165, 1.54) is 11.5 Å². The molecule has 29 heavy (non-hydrogen) atoms. The Morgan fingerprint density at radius 1 is 1.17 bits per heavy atom. The molecule has 2 N–H and O–H groups in total. The minimum absolute atomic E-state index is 0.143. The number of aryl methyl sites for hydroxylation is 1. The van der Waals surface area contributed by atoms with Gasteiger partial charge >= 0.3 is 0 Å². The highest BCUT2D eigenvalue weighted by atomic mass is 32.1. The Morgan fingerprint density at radius 3 is 2.86 bits per heavy atom. The fourth-order valence-corrected chi connectivity index (χ4v) is 3.87. The summed E-state index contributed by atoms with van der Waals surface area (Å²) >= 11 is 1.29. The third kappa shape index (κ3) is 4.45. The maximum absolute atomic E-state index is 12.8. The SMILES string of the molecule is Cc1ccc(C(=O)NC[C@@H]2COCCO2)cc1NC(=O)c1nsc2ccccc12. The van der Waals surface area contributed by atoms with Gasteiger partial charge in [0, 0.05) is 23.2 Å². The molecule has 1 aliphatic rings. The van der Waals surface area contributed by atoms with Gasteiger partial charge in [-0.05, 0) is 42.2 Å². The number of fused-ring (bicyclic) bond motifs is 1. The van der Waals surface area contributed by atoms with Gasteiger partial charge in [0.15, 0.2) is 0 Å². The Bertz CT molecular complexity index is 1040. The molecule has 0 saturated carbocycles. The normalized spacial score (nSPS) is 16.5. The number of nitrogens with zero attached hydrogens (tertiary/aromatic N) is 1. The zero-order valence-corrected chi connectivity index (χ0v) is 16.8. The van der Waals surface area contributed by atoms with Gasteiger partial charge in [-0.1, -0.05) is 24.3 Å². The molecule has 150 valence electrons. The average Bonchev–Trinajstić information content (AvgIpc) is 3.18. The van der Waals surface area contributed by atoms with Gasteiger partial charge in [-0.2, -0.15) is 4.37 Å². The van der Waals surface area contributed by atoms with Crippen LogP contribution in [0, 0.1) is 6.92 Å². The second-order valence-corrected chi connectivity index (χ2v) is 7.59. The molecular weight excluding hydrogens is 390 g/mol. The van der Waals surface area contributed by atoms with Crippen LogP contribution in [0.15, 0.2) is 42.5 Å². The lowest BCUT2D eigenvalue weighted by Crippen LogP contribution is -2.39. The molecule has 0 spiro atoms. The van der Waals surface area contributed by atoms with Crippen molar-refractivity contribution >= 4 is 39.1 Å². The molecule has 0 bridgehead atoms. The highest BCUT2D eigenvalue weighted by Gasteiger charge is 2.18. The molecule has 0 radical (unpaired) electrons. The summed E-state index contributed by atoms with van der Waals surface area (Å²) in [5, 5.41) is 6.56. The predicted octanol–water partition coefficient (Wildman–Crippen LogP) is 3.00. The molecule has 1 saturated heterocycles. The molecule has 2 aromatic carbocycles. The fourth-order valence-electron chi connectivity index (χ4n) is 3.09. The van der Waals surface area contributed by atoms with Crippen molar-refractivity contribution in [2.75, 3.05) is 31.7 Å². The smallest absolute Gasteiger partial charge is 0.276 e. The van der Waals surface area contributed by atoms with Crippen LogP contribution < -0.4 is 10.6 Å². The van der Waals surface area contributed by atoms with Crippen LogP contribution in [0.5, 0.6) is 0 Å². The van der Waals surface area contributed by atoms with E-state index in [1.807, 2.05) is 37.3 Å². The highest BCUT2D eigenvalue weighted by Crippen LogP contribution is 2.24. The molecule has 2 heterocycles. The number of carbonyl (C=O) groups excluding carboxylic acids is 2. The van der Waals surface area contributed by atoms with Gasteiger partial charge in [0.05, 0.1) is 30.6 Å². The summed E-state index contributed by atoms with van der Waals surface area (Å²) in [5.41, 5.74) is 2.29. The monoisotopic (exact) mass is 411 g/mol. The van der Waals surface area contributed by atoms with Crippen molar-refractivity contribution in [3.63, 3.8) is 0 Å². The molecule has 2 amide bonds. The van der Waals surface area contributed by atoms with E-state index >= 15 is 0 Å². The molecule has 1 atom stereocenters. The standard InChI is InChI=1S/C21H21N3O4S/c1-13-6-7-14(20(25)22-11-15-12-27-8-9-28-15)10-17(13)23-21(26)19-16-4-2-3-5-18(16)29-24-19/h2-7,10,15H,8-9,11-12H2,1H3,(H,22,25)(H,23,26)/t15-/m1/s1. The van der Waals surface area contributed by atoms with E-state index in [9.17, 15) is 9.59 Å². The Morgan fingerprint density at radius 2 is 2.03 bits per heavy atom. The van der Waals surface area contributed by atoms with Gasteiger partial charge in [0.2, 0.25) is 0 Å². The number of nitrogens with one attached hydrogen (secondary N) is 2. The van der Waals surface area contributed by atoms with Crippen LogP contribution in [0.25, 0.3) is 10.1 Å². The molecule has 0 aliphatic carbocycles. The summed E-state index contributed by atoms with van der Waals surface area (Å²) in [6, 6.07) is 12.8. The minimum Gasteiger partial charge on any atom is -0.376 e. The van der Waals surface area contributed by atoms with Crippen molar-refractivity contribution in [3.05, 3.63) is 59.3 Å². The summed E-state index contributed by atoms with van der Waals surface area (Å²) in [7, 11) is 0. The van der Waals surface area contributed by atoms with Gasteiger partial charge in [-0.3, -0.25) is 9.59 Å². The predicted molar refractivity (Wildman–Crippen MR) is 112 cm³/mol. The first-order chi connectivity index (χ1) is 14.1. The van der Waals surface area contributed by atoms with Crippen LogP contribution in [-0.4, -0.2) is 48.7 Å². The quantitative estimate of drug-likeness (QED) is 0.674. The Balaban J connectivity index is 1.46. The molecule has 7 nitrogen and oxygen atoms in total. The number of ether oxygens (including phenoxy) is 2. The molecule has 1 aromatic heterocycles. The number of benzene rings is 2. The third-order valence-electron chi connectivity index (χ3n) is 4.72. The van der Waals surface area contributed by atoms with Gasteiger partial charge in [0.1, 0.15) is 5.69 Å². The largest absolute Gasteiger partial charge is 0.376 e. The Hall–Kier alpha value is -2.81. The van der Waals surface area contributed by atoms with E-state index in [0.717, 1.165) is 15.6 Å². The zero-order valence-electron chi connectivity index (χ0n) is 15.9. The van der Waals surface area contributed by atoms with Crippen LogP contribution in [-0.2, 0) is 9.47 Å². The van der Waals surface area contributed by atoms with E-state index in [0.29, 0.717) is 43.3 Å². The van der Waals surface area contributed by atoms with Crippen molar-refractivity contribution in [3.8, 4) is 0 Å². The van der Waals surface area contributed by atoms with Crippen LogP contribution >= 0.6 is 11.5 Å². The average molecular weight is 411 g/mol. The summed E-state index contributed by atoms with van der Waals surface area (Å²) in [6.45, 7) is 3.84. The molecule has 8 heteroatoms. The molecular formula is C21H21N3O4S. The highest BCUT2D eigenvalue weighted by molar-refractivity contribution is 7.13. The number of rotatable bonds is 5. The summed E-state index contributed by atoms with van der Waals surface area (Å²) < 4.78 is 16.1. The number of carbonyl (C=O) groups is 2. The Kier molecular flexibility index (Phi) is 5.84. The van der Waals surface area contributed by atoms with Crippen molar-refractivity contribution in [2.45, 2.75) is 13.0 Å². The van der Waals surface area contributed by atoms with E-state index in [1.54, 1.807) is 12.1 Å². The van der Waals surface area contributed by atoms with Crippen molar-refractivity contribution in [1.82, 2.24) is 9.69 Å². The summed E-state index contributed by atoms with van der Waals surface area (Å²) in [4.78, 5) is 25.3. The van der Waals surface area contributed by atoms with E-state index < -0.39 is 0 Å². The first kappa shape index (κ1) is 19.5. The lowest BCUT2D eigenvalue weighted by Gasteiger charge is -2.23. The topological polar surface area (TPSA) is 89.5 Å². The van der Waals surface area contributed by atoms with Crippen molar-refractivity contribution in [2.24, 2.45) is 0 Å². The van der Waals surface area contributed by atoms with Crippen molar-refractivity contribution in [1.29, 1.82) is 0 Å². The van der Waals surface area contributed by atoms with E-state index in [-0.39, 0.29) is 17.9 Å². The number of hydrogen-bond acceptors (Lipinski definition) is 6. The van der Waals surface area contributed by atoms with Crippen LogP contribution in [0.1, 0.15) is 26.4 Å². The van der Waals surface area contributed by atoms with Crippen LogP contribution in [0.2, 0.25) is 0 Å². The second-order valence-electron chi connectivity index (χ2n) is 6.79. The lowest BCUT2D eigenvalue weighted by molar-refractivity contribution is -0.0855. The number of anilines is 1. The molecule has 1 fully saturated rings. The second kappa shape index (κ2) is 8.69. The maximum Gasteiger partial charge on any atom is 0.276 e. The van der Waals surface area contributed by atoms with E-state index in [4.69, 9.17) is 9.47 Å². The summed E-state index contributed by atoms with van der Waals surface area (Å²) in [5.74, 6) is -0.523. The number of amides is 2. The fraction of sp³-hybridized carbons (Fsp3) is 0.286. The first-order valence-corrected chi connectivity index (χ1v) is 10.1. The number of hydrogen-bond donors (Lipinski definition) is 2. The maximum atomic E-state index is 12.8. The third-order valence-corrected chi connectivity index (χ3v) is 5.54. The van der Waals surface area contributed by atoms with Gasteiger partial charge < -0.3 is 20.1 Å². The van der Waals surface area contributed by atoms with Crippen LogP contribution in [0.3, 0.4) is 0 Å². The minimum atomic E-state index is -0.295. The van der Waals surface area contributed by atoms with Gasteiger partial charge in [-0.15, -0.1) is 0 Å². The molecule has 4 rings (SSSR count). The lowest BCUT2D eigenvalue weighted by atomic mass is 10.1. The molecule has 3 aromatic rings. The van der Waals surface area contributed by atoms with Gasteiger partial charge in [-0.25, -0.2) is 0 Å². The zero-order chi connectivity index (χ0) is 20.2. The van der Waals surface area contributed by atoms with E-state index in [2.05, 4.69) is 15.0 Å². The molecule has 1 aliphatic heterocycles. The summed E-state index contributed by atoms with van der Waals surface area (Å²) in [6.07, 6.45) is -0.143. The van der Waals surface area contributed by atoms with Gasteiger partial charge in [0.25, 0.3) is 11.8 Å². The number of aromatic nitrogens is 1.